The molecule has 0 fully saturated rings. The van der Waals surface area contributed by atoms with Crippen molar-refractivity contribution >= 4 is 15.7 Å². The van der Waals surface area contributed by atoms with Crippen LogP contribution < -0.4 is 11.1 Å². The smallest absolute Gasteiger partial charge is 0.251 e. The number of amides is 1. The van der Waals surface area contributed by atoms with E-state index in [1.165, 1.54) is 0 Å². The fraction of sp³-hybridized carbons (Fsp3) is 0.316. The number of hydrogen-bond acceptors (Lipinski definition) is 4. The van der Waals surface area contributed by atoms with Gasteiger partial charge in [0.15, 0.2) is 9.84 Å². The van der Waals surface area contributed by atoms with E-state index in [2.05, 4.69) is 5.32 Å². The SMILES string of the molecule is Cc1ccc(S(=O)(=O)Cc2ccc(C(=O)NCC(C)(C)N)cc2)cc1. The lowest BCUT2D eigenvalue weighted by atomic mass is 10.1. The standard InChI is InChI=1S/C19H24N2O3S/c1-14-4-10-17(11-5-14)25(23,24)12-15-6-8-16(9-7-15)18(22)21-13-19(2,3)20/h4-11H,12-13,20H2,1-3H3,(H,21,22). The van der Waals surface area contributed by atoms with Crippen molar-refractivity contribution in [1.29, 1.82) is 0 Å². The van der Waals surface area contributed by atoms with Gasteiger partial charge in [-0.1, -0.05) is 29.8 Å². The average Bonchev–Trinajstić information content (AvgIpc) is 2.52. The highest BCUT2D eigenvalue weighted by Gasteiger charge is 2.16. The van der Waals surface area contributed by atoms with Crippen LogP contribution in [0.15, 0.2) is 53.4 Å². The Morgan fingerprint density at radius 3 is 2.12 bits per heavy atom. The zero-order valence-corrected chi connectivity index (χ0v) is 15.6. The summed E-state index contributed by atoms with van der Waals surface area (Å²) in [5, 5.41) is 2.76. The first-order chi connectivity index (χ1) is 11.6. The summed E-state index contributed by atoms with van der Waals surface area (Å²) in [6, 6.07) is 13.3. The minimum Gasteiger partial charge on any atom is -0.350 e. The molecule has 3 N–H and O–H groups in total. The van der Waals surface area contributed by atoms with Crippen molar-refractivity contribution in [3.63, 3.8) is 0 Å². The zero-order valence-electron chi connectivity index (χ0n) is 14.7. The van der Waals surface area contributed by atoms with Crippen molar-refractivity contribution in [2.24, 2.45) is 5.73 Å². The zero-order chi connectivity index (χ0) is 18.7. The molecule has 0 atom stereocenters. The summed E-state index contributed by atoms with van der Waals surface area (Å²) < 4.78 is 24.9. The topological polar surface area (TPSA) is 89.3 Å². The number of hydrogen-bond donors (Lipinski definition) is 2. The normalized spacial score (nSPS) is 12.0. The van der Waals surface area contributed by atoms with Crippen molar-refractivity contribution in [2.75, 3.05) is 6.54 Å². The van der Waals surface area contributed by atoms with Crippen LogP contribution in [0.5, 0.6) is 0 Å². The first-order valence-electron chi connectivity index (χ1n) is 8.02. The van der Waals surface area contributed by atoms with E-state index in [0.717, 1.165) is 5.56 Å². The van der Waals surface area contributed by atoms with Gasteiger partial charge in [0.05, 0.1) is 10.6 Å². The van der Waals surface area contributed by atoms with Gasteiger partial charge in [-0.2, -0.15) is 0 Å². The van der Waals surface area contributed by atoms with Gasteiger partial charge in [-0.15, -0.1) is 0 Å². The lowest BCUT2D eigenvalue weighted by Crippen LogP contribution is -2.45. The average molecular weight is 360 g/mol. The van der Waals surface area contributed by atoms with E-state index in [1.807, 2.05) is 20.8 Å². The second-order valence-electron chi connectivity index (χ2n) is 6.94. The monoisotopic (exact) mass is 360 g/mol. The molecule has 5 nitrogen and oxygen atoms in total. The lowest BCUT2D eigenvalue weighted by Gasteiger charge is -2.18. The molecule has 0 saturated heterocycles. The first-order valence-corrected chi connectivity index (χ1v) is 9.67. The van der Waals surface area contributed by atoms with Crippen molar-refractivity contribution in [3.8, 4) is 0 Å². The van der Waals surface area contributed by atoms with Gasteiger partial charge in [0.1, 0.15) is 0 Å². The number of nitrogens with one attached hydrogen (secondary N) is 1. The first kappa shape index (κ1) is 19.1. The Morgan fingerprint density at radius 1 is 1.04 bits per heavy atom. The summed E-state index contributed by atoms with van der Waals surface area (Å²) >= 11 is 0. The molecule has 2 rings (SSSR count). The third kappa shape index (κ3) is 5.69. The Kier molecular flexibility index (Phi) is 5.65. The van der Waals surface area contributed by atoms with E-state index in [-0.39, 0.29) is 11.7 Å². The highest BCUT2D eigenvalue weighted by atomic mass is 32.2. The number of rotatable bonds is 6. The predicted molar refractivity (Wildman–Crippen MR) is 99.1 cm³/mol. The van der Waals surface area contributed by atoms with Crippen LogP contribution in [0, 0.1) is 6.92 Å². The molecular weight excluding hydrogens is 336 g/mol. The van der Waals surface area contributed by atoms with E-state index in [1.54, 1.807) is 48.5 Å². The Labute approximate surface area is 149 Å². The molecule has 0 saturated carbocycles. The molecule has 1 amide bonds. The number of carbonyl (C=O) groups is 1. The van der Waals surface area contributed by atoms with E-state index in [0.29, 0.717) is 22.6 Å². The molecule has 0 bridgehead atoms. The molecule has 0 radical (unpaired) electrons. The van der Waals surface area contributed by atoms with Gasteiger partial charge in [0.25, 0.3) is 5.91 Å². The molecule has 0 aliphatic heterocycles. The van der Waals surface area contributed by atoms with Crippen LogP contribution in [-0.2, 0) is 15.6 Å². The van der Waals surface area contributed by atoms with E-state index in [9.17, 15) is 13.2 Å². The maximum Gasteiger partial charge on any atom is 0.251 e. The molecule has 2 aromatic carbocycles. The summed E-state index contributed by atoms with van der Waals surface area (Å²) in [7, 11) is -3.41. The Bertz CT molecular complexity index is 834. The van der Waals surface area contributed by atoms with E-state index in [4.69, 9.17) is 5.73 Å². The Morgan fingerprint density at radius 2 is 1.60 bits per heavy atom. The Balaban J connectivity index is 2.07. The fourth-order valence-corrected chi connectivity index (χ4v) is 3.56. The largest absolute Gasteiger partial charge is 0.350 e. The van der Waals surface area contributed by atoms with E-state index >= 15 is 0 Å². The molecule has 0 aromatic heterocycles. The number of benzene rings is 2. The highest BCUT2D eigenvalue weighted by Crippen LogP contribution is 2.17. The highest BCUT2D eigenvalue weighted by molar-refractivity contribution is 7.90. The summed E-state index contributed by atoms with van der Waals surface area (Å²) in [6.07, 6.45) is 0. The summed E-state index contributed by atoms with van der Waals surface area (Å²) in [5.41, 5.74) is 7.47. The molecule has 2 aromatic rings. The lowest BCUT2D eigenvalue weighted by molar-refractivity contribution is 0.0946. The summed E-state index contributed by atoms with van der Waals surface area (Å²) in [5.74, 6) is -0.334. The van der Waals surface area contributed by atoms with Crippen LogP contribution in [0.1, 0.15) is 35.3 Å². The van der Waals surface area contributed by atoms with Crippen molar-refractivity contribution in [1.82, 2.24) is 5.32 Å². The molecule has 0 aliphatic carbocycles. The van der Waals surface area contributed by atoms with Crippen LogP contribution in [0.25, 0.3) is 0 Å². The molecule has 0 unspecified atom stereocenters. The molecule has 134 valence electrons. The van der Waals surface area contributed by atoms with Crippen LogP contribution in [0.4, 0.5) is 0 Å². The van der Waals surface area contributed by atoms with Crippen LogP contribution in [-0.4, -0.2) is 26.4 Å². The molecule has 0 aliphatic rings. The third-order valence-corrected chi connectivity index (χ3v) is 5.36. The molecule has 0 heterocycles. The number of carbonyl (C=O) groups excluding carboxylic acids is 1. The number of aryl methyl sites for hydroxylation is 1. The quantitative estimate of drug-likeness (QED) is 0.828. The van der Waals surface area contributed by atoms with E-state index < -0.39 is 15.4 Å². The van der Waals surface area contributed by atoms with Crippen molar-refractivity contribution in [3.05, 3.63) is 65.2 Å². The number of nitrogens with two attached hydrogens (primary N) is 1. The van der Waals surface area contributed by atoms with Gasteiger partial charge in [-0.3, -0.25) is 4.79 Å². The van der Waals surface area contributed by atoms with Crippen molar-refractivity contribution in [2.45, 2.75) is 37.0 Å². The molecule has 0 spiro atoms. The van der Waals surface area contributed by atoms with Gasteiger partial charge >= 0.3 is 0 Å². The number of sulfone groups is 1. The molecule has 6 heteroatoms. The molecule has 25 heavy (non-hydrogen) atoms. The fourth-order valence-electron chi connectivity index (χ4n) is 2.21. The molecular formula is C19H24N2O3S. The van der Waals surface area contributed by atoms with Gasteiger partial charge < -0.3 is 11.1 Å². The van der Waals surface area contributed by atoms with Crippen LogP contribution >= 0.6 is 0 Å². The van der Waals surface area contributed by atoms with Gasteiger partial charge in [-0.25, -0.2) is 8.42 Å². The van der Waals surface area contributed by atoms with Crippen molar-refractivity contribution < 1.29 is 13.2 Å². The summed E-state index contributed by atoms with van der Waals surface area (Å²) in [6.45, 7) is 5.92. The third-order valence-electron chi connectivity index (χ3n) is 3.66. The maximum absolute atomic E-state index is 12.5. The second kappa shape index (κ2) is 7.37. The minimum absolute atomic E-state index is 0.103. The van der Waals surface area contributed by atoms with Crippen LogP contribution in [0.3, 0.4) is 0 Å². The predicted octanol–water partition coefficient (Wildman–Crippen LogP) is 2.44. The summed E-state index contributed by atoms with van der Waals surface area (Å²) in [4.78, 5) is 12.4. The van der Waals surface area contributed by atoms with Gasteiger partial charge in [0.2, 0.25) is 0 Å². The Hall–Kier alpha value is -2.18. The van der Waals surface area contributed by atoms with Crippen LogP contribution in [0.2, 0.25) is 0 Å². The maximum atomic E-state index is 12.5. The second-order valence-corrected chi connectivity index (χ2v) is 8.93. The van der Waals surface area contributed by atoms with Gasteiger partial charge in [-0.05, 0) is 50.6 Å². The van der Waals surface area contributed by atoms with Gasteiger partial charge in [0, 0.05) is 17.6 Å². The minimum atomic E-state index is -3.41.